The van der Waals surface area contributed by atoms with E-state index in [1.54, 1.807) is 14.2 Å². The summed E-state index contributed by atoms with van der Waals surface area (Å²) in [5, 5.41) is 5.58. The molecule has 0 spiro atoms. The maximum absolute atomic E-state index is 5.46. The van der Waals surface area contributed by atoms with E-state index in [1.165, 1.54) is 16.3 Å². The number of nitrogens with one attached hydrogen (secondary N) is 1. The molecule has 2 aromatic carbocycles. The Morgan fingerprint density at radius 3 is 2.50 bits per heavy atom. The number of benzene rings is 2. The van der Waals surface area contributed by atoms with Crippen LogP contribution in [0, 0.1) is 0 Å². The molecule has 3 heteroatoms. The van der Waals surface area contributed by atoms with Crippen LogP contribution in [0.3, 0.4) is 0 Å². The minimum atomic E-state index is 0.876. The van der Waals surface area contributed by atoms with Crippen molar-refractivity contribution in [3.05, 3.63) is 35.9 Å². The highest BCUT2D eigenvalue weighted by Crippen LogP contribution is 2.30. The standard InChI is InChI=1S/C15H19NO2/c1-16-9-8-13-14-10-12(17-2)6-4-11(14)5-7-15(13)18-3/h4-7,10,16H,8-9H2,1-3H3. The van der Waals surface area contributed by atoms with Crippen molar-refractivity contribution >= 4 is 10.8 Å². The van der Waals surface area contributed by atoms with E-state index in [4.69, 9.17) is 9.47 Å². The summed E-state index contributed by atoms with van der Waals surface area (Å²) in [7, 11) is 5.36. The molecule has 96 valence electrons. The molecule has 2 rings (SSSR count). The van der Waals surface area contributed by atoms with Gasteiger partial charge >= 0.3 is 0 Å². The third-order valence-electron chi connectivity index (χ3n) is 3.14. The van der Waals surface area contributed by atoms with E-state index in [-0.39, 0.29) is 0 Å². The maximum atomic E-state index is 5.46. The van der Waals surface area contributed by atoms with Crippen LogP contribution in [-0.2, 0) is 6.42 Å². The van der Waals surface area contributed by atoms with Crippen molar-refractivity contribution in [2.75, 3.05) is 27.8 Å². The van der Waals surface area contributed by atoms with E-state index in [1.807, 2.05) is 19.2 Å². The maximum Gasteiger partial charge on any atom is 0.122 e. The zero-order valence-electron chi connectivity index (χ0n) is 11.1. The van der Waals surface area contributed by atoms with Crippen molar-refractivity contribution in [1.82, 2.24) is 5.32 Å². The lowest BCUT2D eigenvalue weighted by molar-refractivity contribution is 0.409. The van der Waals surface area contributed by atoms with Crippen LogP contribution in [0.4, 0.5) is 0 Å². The molecule has 0 radical (unpaired) electrons. The van der Waals surface area contributed by atoms with Gasteiger partial charge in [0.2, 0.25) is 0 Å². The lowest BCUT2D eigenvalue weighted by atomic mass is 10.0. The first-order chi connectivity index (χ1) is 8.80. The third-order valence-corrected chi connectivity index (χ3v) is 3.14. The van der Waals surface area contributed by atoms with Crippen molar-refractivity contribution in [1.29, 1.82) is 0 Å². The van der Waals surface area contributed by atoms with Crippen LogP contribution in [0.15, 0.2) is 30.3 Å². The second-order valence-electron chi connectivity index (χ2n) is 4.19. The Kier molecular flexibility index (Phi) is 4.05. The topological polar surface area (TPSA) is 30.5 Å². The molecule has 0 amide bonds. The number of ether oxygens (including phenoxy) is 2. The first-order valence-electron chi connectivity index (χ1n) is 6.08. The number of hydrogen-bond donors (Lipinski definition) is 1. The molecule has 0 heterocycles. The van der Waals surface area contributed by atoms with Crippen molar-refractivity contribution in [2.24, 2.45) is 0 Å². The number of methoxy groups -OCH3 is 2. The summed E-state index contributed by atoms with van der Waals surface area (Å²) in [5.74, 6) is 1.81. The molecule has 0 aliphatic heterocycles. The van der Waals surface area contributed by atoms with Gasteiger partial charge in [-0.2, -0.15) is 0 Å². The molecule has 1 N–H and O–H groups in total. The molecule has 0 fully saturated rings. The van der Waals surface area contributed by atoms with E-state index < -0.39 is 0 Å². The van der Waals surface area contributed by atoms with Gasteiger partial charge in [-0.25, -0.2) is 0 Å². The Labute approximate surface area is 108 Å². The average molecular weight is 245 g/mol. The lowest BCUT2D eigenvalue weighted by Gasteiger charge is -2.13. The van der Waals surface area contributed by atoms with Gasteiger partial charge < -0.3 is 14.8 Å². The number of rotatable bonds is 5. The fraction of sp³-hybridized carbons (Fsp3) is 0.333. The molecule has 18 heavy (non-hydrogen) atoms. The summed E-state index contributed by atoms with van der Waals surface area (Å²) in [5.41, 5.74) is 1.23. The second kappa shape index (κ2) is 5.74. The first kappa shape index (κ1) is 12.7. The largest absolute Gasteiger partial charge is 0.497 e. The molecule has 0 aromatic heterocycles. The zero-order valence-corrected chi connectivity index (χ0v) is 11.1. The van der Waals surface area contributed by atoms with E-state index in [9.17, 15) is 0 Å². The molecule has 0 atom stereocenters. The number of likely N-dealkylation sites (N-methyl/N-ethyl adjacent to an activating group) is 1. The SMILES string of the molecule is CNCCc1c(OC)ccc2ccc(OC)cc12. The van der Waals surface area contributed by atoms with Crippen molar-refractivity contribution < 1.29 is 9.47 Å². The Balaban J connectivity index is 2.58. The second-order valence-corrected chi connectivity index (χ2v) is 4.19. The van der Waals surface area contributed by atoms with E-state index in [0.29, 0.717) is 0 Å². The molecule has 3 nitrogen and oxygen atoms in total. The molecule has 0 saturated carbocycles. The average Bonchev–Trinajstić information content (AvgIpc) is 2.43. The fourth-order valence-electron chi connectivity index (χ4n) is 2.17. The zero-order chi connectivity index (χ0) is 13.0. The van der Waals surface area contributed by atoms with Gasteiger partial charge in [0.05, 0.1) is 14.2 Å². The molecule has 0 bridgehead atoms. The van der Waals surface area contributed by atoms with E-state index >= 15 is 0 Å². The fourth-order valence-corrected chi connectivity index (χ4v) is 2.17. The summed E-state index contributed by atoms with van der Waals surface area (Å²) in [6.45, 7) is 0.923. The van der Waals surface area contributed by atoms with Crippen LogP contribution in [0.1, 0.15) is 5.56 Å². The minimum absolute atomic E-state index is 0.876. The van der Waals surface area contributed by atoms with Gasteiger partial charge in [0.1, 0.15) is 11.5 Å². The Hall–Kier alpha value is -1.74. The van der Waals surface area contributed by atoms with Gasteiger partial charge in [-0.1, -0.05) is 12.1 Å². The van der Waals surface area contributed by atoms with Crippen LogP contribution < -0.4 is 14.8 Å². The summed E-state index contributed by atoms with van der Waals surface area (Å²) < 4.78 is 10.8. The molecule has 0 aliphatic rings. The normalized spacial score (nSPS) is 10.6. The van der Waals surface area contributed by atoms with Crippen LogP contribution >= 0.6 is 0 Å². The number of hydrogen-bond acceptors (Lipinski definition) is 3. The summed E-state index contributed by atoms with van der Waals surface area (Å²) >= 11 is 0. The molecule has 0 aliphatic carbocycles. The predicted octanol–water partition coefficient (Wildman–Crippen LogP) is 2.62. The third kappa shape index (κ3) is 2.41. The monoisotopic (exact) mass is 245 g/mol. The summed E-state index contributed by atoms with van der Waals surface area (Å²) in [4.78, 5) is 0. The van der Waals surface area contributed by atoms with Crippen LogP contribution in [0.5, 0.6) is 11.5 Å². The van der Waals surface area contributed by atoms with Crippen LogP contribution in [-0.4, -0.2) is 27.8 Å². The summed E-state index contributed by atoms with van der Waals surface area (Å²) in [6, 6.07) is 10.2. The van der Waals surface area contributed by atoms with Crippen molar-refractivity contribution in [3.8, 4) is 11.5 Å². The predicted molar refractivity (Wildman–Crippen MR) is 74.7 cm³/mol. The van der Waals surface area contributed by atoms with Gasteiger partial charge in [-0.3, -0.25) is 0 Å². The van der Waals surface area contributed by atoms with Gasteiger partial charge in [0.15, 0.2) is 0 Å². The first-order valence-corrected chi connectivity index (χ1v) is 6.08. The number of fused-ring (bicyclic) bond motifs is 1. The highest BCUT2D eigenvalue weighted by Gasteiger charge is 2.08. The molecule has 0 unspecified atom stereocenters. The van der Waals surface area contributed by atoms with Crippen molar-refractivity contribution in [2.45, 2.75) is 6.42 Å². The van der Waals surface area contributed by atoms with E-state index in [0.717, 1.165) is 24.5 Å². The molecular formula is C15H19NO2. The van der Waals surface area contributed by atoms with Crippen LogP contribution in [0.25, 0.3) is 10.8 Å². The minimum Gasteiger partial charge on any atom is -0.497 e. The van der Waals surface area contributed by atoms with Gasteiger partial charge in [-0.05, 0) is 49.0 Å². The highest BCUT2D eigenvalue weighted by atomic mass is 16.5. The summed E-state index contributed by atoms with van der Waals surface area (Å²) in [6.07, 6.45) is 0.935. The smallest absolute Gasteiger partial charge is 0.122 e. The van der Waals surface area contributed by atoms with Crippen molar-refractivity contribution in [3.63, 3.8) is 0 Å². The Bertz CT molecular complexity index is 532. The van der Waals surface area contributed by atoms with Crippen LogP contribution in [0.2, 0.25) is 0 Å². The highest BCUT2D eigenvalue weighted by molar-refractivity contribution is 5.89. The Morgan fingerprint density at radius 2 is 1.83 bits per heavy atom. The van der Waals surface area contributed by atoms with Gasteiger partial charge in [0.25, 0.3) is 0 Å². The van der Waals surface area contributed by atoms with Gasteiger partial charge in [-0.15, -0.1) is 0 Å². The Morgan fingerprint density at radius 1 is 1.06 bits per heavy atom. The van der Waals surface area contributed by atoms with E-state index in [2.05, 4.69) is 23.5 Å². The lowest BCUT2D eigenvalue weighted by Crippen LogP contribution is -2.11. The van der Waals surface area contributed by atoms with Gasteiger partial charge in [0, 0.05) is 5.56 Å². The molecule has 2 aromatic rings. The quantitative estimate of drug-likeness (QED) is 0.878. The molecular weight excluding hydrogens is 226 g/mol. The molecule has 0 saturated heterocycles.